The Labute approximate surface area is 104 Å². The van der Waals surface area contributed by atoms with Gasteiger partial charge in [-0.1, -0.05) is 0 Å². The maximum atomic E-state index is 5.61. The van der Waals surface area contributed by atoms with Crippen LogP contribution in [-0.4, -0.2) is 42.2 Å². The number of pyridine rings is 1. The van der Waals surface area contributed by atoms with Crippen molar-refractivity contribution in [2.75, 3.05) is 26.2 Å². The molecule has 88 valence electrons. The number of morpholine rings is 1. The third-order valence-electron chi connectivity index (χ3n) is 2.65. The van der Waals surface area contributed by atoms with Crippen LogP contribution in [0.2, 0.25) is 0 Å². The van der Waals surface area contributed by atoms with E-state index in [0.717, 1.165) is 30.7 Å². The number of nitrogens with two attached hydrogens (primary N) is 1. The summed E-state index contributed by atoms with van der Waals surface area (Å²) in [6, 6.07) is 2.10. The SMILES string of the molecule is NCC1CN(Cc2cncc(Br)c2)CCO1. The van der Waals surface area contributed by atoms with Crippen LogP contribution in [0.15, 0.2) is 22.9 Å². The Hall–Kier alpha value is -0.490. The van der Waals surface area contributed by atoms with Gasteiger partial charge in [-0.05, 0) is 27.6 Å². The van der Waals surface area contributed by atoms with Crippen molar-refractivity contribution in [2.45, 2.75) is 12.6 Å². The van der Waals surface area contributed by atoms with E-state index in [1.807, 2.05) is 6.20 Å². The lowest BCUT2D eigenvalue weighted by atomic mass is 10.2. The molecular weight excluding hydrogens is 270 g/mol. The lowest BCUT2D eigenvalue weighted by Crippen LogP contribution is -2.45. The Bertz CT molecular complexity index is 348. The first-order chi connectivity index (χ1) is 7.78. The van der Waals surface area contributed by atoms with Crippen molar-refractivity contribution in [1.29, 1.82) is 0 Å². The Morgan fingerprint density at radius 2 is 2.44 bits per heavy atom. The summed E-state index contributed by atoms with van der Waals surface area (Å²) in [6.45, 7) is 4.13. The highest BCUT2D eigenvalue weighted by atomic mass is 79.9. The smallest absolute Gasteiger partial charge is 0.0824 e. The fourth-order valence-electron chi connectivity index (χ4n) is 1.87. The normalized spacial score (nSPS) is 22.2. The van der Waals surface area contributed by atoms with Crippen molar-refractivity contribution in [3.05, 3.63) is 28.5 Å². The lowest BCUT2D eigenvalue weighted by Gasteiger charge is -2.32. The minimum absolute atomic E-state index is 0.175. The molecule has 2 N–H and O–H groups in total. The Kier molecular flexibility index (Phi) is 4.29. The average molecular weight is 286 g/mol. The van der Waals surface area contributed by atoms with Crippen LogP contribution in [0.5, 0.6) is 0 Å². The molecule has 0 spiro atoms. The molecule has 1 saturated heterocycles. The molecule has 1 unspecified atom stereocenters. The van der Waals surface area contributed by atoms with Gasteiger partial charge < -0.3 is 10.5 Å². The highest BCUT2D eigenvalue weighted by Gasteiger charge is 2.19. The largest absolute Gasteiger partial charge is 0.374 e. The lowest BCUT2D eigenvalue weighted by molar-refractivity contribution is -0.0260. The van der Waals surface area contributed by atoms with Crippen LogP contribution in [-0.2, 0) is 11.3 Å². The van der Waals surface area contributed by atoms with E-state index < -0.39 is 0 Å². The molecule has 16 heavy (non-hydrogen) atoms. The van der Waals surface area contributed by atoms with Crippen LogP contribution in [0.25, 0.3) is 0 Å². The van der Waals surface area contributed by atoms with E-state index in [-0.39, 0.29) is 6.10 Å². The molecule has 4 nitrogen and oxygen atoms in total. The molecule has 1 fully saturated rings. The number of hydrogen-bond donors (Lipinski definition) is 1. The van der Waals surface area contributed by atoms with E-state index in [1.54, 1.807) is 6.20 Å². The van der Waals surface area contributed by atoms with Crippen LogP contribution in [0.1, 0.15) is 5.56 Å². The van der Waals surface area contributed by atoms with Crippen molar-refractivity contribution in [1.82, 2.24) is 9.88 Å². The molecule has 2 rings (SSSR count). The van der Waals surface area contributed by atoms with Crippen molar-refractivity contribution < 1.29 is 4.74 Å². The molecule has 0 bridgehead atoms. The van der Waals surface area contributed by atoms with Gasteiger partial charge in [-0.2, -0.15) is 0 Å². The predicted molar refractivity (Wildman–Crippen MR) is 66.0 cm³/mol. The van der Waals surface area contributed by atoms with Crippen LogP contribution in [0.3, 0.4) is 0 Å². The van der Waals surface area contributed by atoms with Crippen LogP contribution in [0.4, 0.5) is 0 Å². The maximum Gasteiger partial charge on any atom is 0.0824 e. The van der Waals surface area contributed by atoms with Crippen molar-refractivity contribution >= 4 is 15.9 Å². The molecule has 0 radical (unpaired) electrons. The monoisotopic (exact) mass is 285 g/mol. The summed E-state index contributed by atoms with van der Waals surface area (Å²) in [5.74, 6) is 0. The summed E-state index contributed by atoms with van der Waals surface area (Å²) in [6.07, 6.45) is 3.87. The second-order valence-electron chi connectivity index (χ2n) is 3.98. The second-order valence-corrected chi connectivity index (χ2v) is 4.89. The first-order valence-electron chi connectivity index (χ1n) is 5.41. The van der Waals surface area contributed by atoms with Gasteiger partial charge >= 0.3 is 0 Å². The first-order valence-corrected chi connectivity index (χ1v) is 6.20. The van der Waals surface area contributed by atoms with E-state index in [4.69, 9.17) is 10.5 Å². The van der Waals surface area contributed by atoms with Gasteiger partial charge in [0.25, 0.3) is 0 Å². The average Bonchev–Trinajstić information content (AvgIpc) is 2.29. The Morgan fingerprint density at radius 3 is 3.19 bits per heavy atom. The molecule has 0 aromatic carbocycles. The van der Waals surface area contributed by atoms with Crippen LogP contribution >= 0.6 is 15.9 Å². The predicted octanol–water partition coefficient (Wildman–Crippen LogP) is 1.00. The minimum atomic E-state index is 0.175. The van der Waals surface area contributed by atoms with Crippen LogP contribution in [0, 0.1) is 0 Å². The molecule has 2 heterocycles. The molecule has 1 aromatic heterocycles. The fourth-order valence-corrected chi connectivity index (χ4v) is 2.28. The molecule has 1 aromatic rings. The van der Waals surface area contributed by atoms with Gasteiger partial charge in [0.15, 0.2) is 0 Å². The minimum Gasteiger partial charge on any atom is -0.374 e. The second kappa shape index (κ2) is 5.72. The summed E-state index contributed by atoms with van der Waals surface area (Å²) in [5, 5.41) is 0. The molecule has 1 aliphatic heterocycles. The number of ether oxygens (including phenoxy) is 1. The zero-order valence-corrected chi connectivity index (χ0v) is 10.7. The molecule has 1 atom stereocenters. The van der Waals surface area contributed by atoms with E-state index in [9.17, 15) is 0 Å². The molecule has 0 saturated carbocycles. The van der Waals surface area contributed by atoms with Crippen molar-refractivity contribution in [3.63, 3.8) is 0 Å². The number of aromatic nitrogens is 1. The van der Waals surface area contributed by atoms with E-state index in [2.05, 4.69) is 31.9 Å². The summed E-state index contributed by atoms with van der Waals surface area (Å²) < 4.78 is 6.55. The van der Waals surface area contributed by atoms with Crippen molar-refractivity contribution in [3.8, 4) is 0 Å². The fraction of sp³-hybridized carbons (Fsp3) is 0.545. The Balaban J connectivity index is 1.94. The highest BCUT2D eigenvalue weighted by Crippen LogP contribution is 2.13. The number of nitrogens with zero attached hydrogens (tertiary/aromatic N) is 2. The van der Waals surface area contributed by atoms with Gasteiger partial charge in [0.1, 0.15) is 0 Å². The quantitative estimate of drug-likeness (QED) is 0.901. The van der Waals surface area contributed by atoms with Gasteiger partial charge in [-0.25, -0.2) is 0 Å². The third-order valence-corrected chi connectivity index (χ3v) is 3.09. The summed E-state index contributed by atoms with van der Waals surface area (Å²) in [7, 11) is 0. The van der Waals surface area contributed by atoms with Crippen molar-refractivity contribution in [2.24, 2.45) is 5.73 Å². The van der Waals surface area contributed by atoms with Crippen LogP contribution < -0.4 is 5.73 Å². The first kappa shape index (κ1) is 12.0. The van der Waals surface area contributed by atoms with Gasteiger partial charge in [0, 0.05) is 43.0 Å². The van der Waals surface area contributed by atoms with E-state index >= 15 is 0 Å². The number of hydrogen-bond acceptors (Lipinski definition) is 4. The number of rotatable bonds is 3. The maximum absolute atomic E-state index is 5.61. The highest BCUT2D eigenvalue weighted by molar-refractivity contribution is 9.10. The Morgan fingerprint density at radius 1 is 1.56 bits per heavy atom. The standard InChI is InChI=1S/C11H16BrN3O/c12-10-3-9(5-14-6-10)7-15-1-2-16-11(4-13)8-15/h3,5-6,11H,1-2,4,7-8,13H2. The number of halogens is 1. The molecular formula is C11H16BrN3O. The van der Waals surface area contributed by atoms with E-state index in [0.29, 0.717) is 6.54 Å². The van der Waals surface area contributed by atoms with Gasteiger partial charge in [0.05, 0.1) is 12.7 Å². The summed E-state index contributed by atoms with van der Waals surface area (Å²) in [4.78, 5) is 6.51. The molecule has 5 heteroatoms. The third kappa shape index (κ3) is 3.25. The molecule has 1 aliphatic rings. The van der Waals surface area contributed by atoms with Gasteiger partial charge in [-0.3, -0.25) is 9.88 Å². The summed E-state index contributed by atoms with van der Waals surface area (Å²) in [5.41, 5.74) is 6.83. The van der Waals surface area contributed by atoms with Gasteiger partial charge in [-0.15, -0.1) is 0 Å². The zero-order chi connectivity index (χ0) is 11.4. The zero-order valence-electron chi connectivity index (χ0n) is 9.10. The topological polar surface area (TPSA) is 51.4 Å². The molecule has 0 aliphatic carbocycles. The summed E-state index contributed by atoms with van der Waals surface area (Å²) >= 11 is 3.43. The van der Waals surface area contributed by atoms with E-state index in [1.165, 1.54) is 5.56 Å². The van der Waals surface area contributed by atoms with Gasteiger partial charge in [0.2, 0.25) is 0 Å². The molecule has 0 amide bonds.